The largest absolute Gasteiger partial charge is 0.319 e. The summed E-state index contributed by atoms with van der Waals surface area (Å²) in [6.07, 6.45) is 1.05. The van der Waals surface area contributed by atoms with Crippen LogP contribution in [0.25, 0.3) is 5.69 Å². The summed E-state index contributed by atoms with van der Waals surface area (Å²) in [5, 5.41) is 2.60. The molecule has 9 heteroatoms. The van der Waals surface area contributed by atoms with Gasteiger partial charge in [0, 0.05) is 13.6 Å². The topological polar surface area (TPSA) is 93.4 Å². The van der Waals surface area contributed by atoms with Crippen LogP contribution >= 0.6 is 0 Å². The van der Waals surface area contributed by atoms with Crippen molar-refractivity contribution < 1.29 is 13.2 Å². The lowest BCUT2D eigenvalue weighted by molar-refractivity contribution is -0.116. The van der Waals surface area contributed by atoms with Gasteiger partial charge in [0.15, 0.2) is 0 Å². The third kappa shape index (κ3) is 4.69. The fraction of sp³-hybridized carbons (Fsp3) is 0.238. The van der Waals surface area contributed by atoms with E-state index < -0.39 is 22.5 Å². The van der Waals surface area contributed by atoms with Crippen molar-refractivity contribution >= 4 is 21.6 Å². The van der Waals surface area contributed by atoms with Gasteiger partial charge in [0.25, 0.3) is 5.56 Å². The van der Waals surface area contributed by atoms with Crippen LogP contribution in [0.4, 0.5) is 5.69 Å². The number of benzene rings is 2. The minimum absolute atomic E-state index is 0.0646. The Morgan fingerprint density at radius 3 is 2.17 bits per heavy atom. The highest BCUT2D eigenvalue weighted by molar-refractivity contribution is 7.88. The van der Waals surface area contributed by atoms with E-state index >= 15 is 0 Å². The van der Waals surface area contributed by atoms with E-state index in [4.69, 9.17) is 0 Å². The molecule has 0 aliphatic rings. The summed E-state index contributed by atoms with van der Waals surface area (Å²) >= 11 is 0. The highest BCUT2D eigenvalue weighted by Crippen LogP contribution is 2.15. The van der Waals surface area contributed by atoms with Crippen molar-refractivity contribution in [1.82, 2.24) is 13.7 Å². The molecule has 0 unspecified atom stereocenters. The summed E-state index contributed by atoms with van der Waals surface area (Å²) in [4.78, 5) is 25.6. The summed E-state index contributed by atoms with van der Waals surface area (Å²) in [7, 11) is -1.91. The van der Waals surface area contributed by atoms with Crippen LogP contribution in [-0.2, 0) is 28.4 Å². The number of anilines is 1. The molecule has 0 fully saturated rings. The highest BCUT2D eigenvalue weighted by Gasteiger charge is 2.23. The molecule has 0 atom stereocenters. The molecular weight excluding hydrogens is 404 g/mol. The van der Waals surface area contributed by atoms with Gasteiger partial charge in [0.1, 0.15) is 5.69 Å². The summed E-state index contributed by atoms with van der Waals surface area (Å²) in [6, 6.07) is 18.1. The third-order valence-corrected chi connectivity index (χ3v) is 6.01. The Morgan fingerprint density at radius 1 is 1.03 bits per heavy atom. The van der Waals surface area contributed by atoms with Crippen LogP contribution in [0.5, 0.6) is 0 Å². The number of amides is 1. The summed E-state index contributed by atoms with van der Waals surface area (Å²) in [5.74, 6) is -0.581. The molecule has 0 saturated heterocycles. The zero-order chi connectivity index (χ0) is 21.9. The van der Waals surface area contributed by atoms with Gasteiger partial charge in [0.05, 0.1) is 24.2 Å². The van der Waals surface area contributed by atoms with Gasteiger partial charge < -0.3 is 5.32 Å². The first-order chi connectivity index (χ1) is 14.2. The van der Waals surface area contributed by atoms with Crippen LogP contribution in [0.15, 0.2) is 65.5 Å². The van der Waals surface area contributed by atoms with Crippen molar-refractivity contribution in [2.75, 3.05) is 18.1 Å². The minimum Gasteiger partial charge on any atom is -0.319 e. The van der Waals surface area contributed by atoms with Crippen molar-refractivity contribution in [2.24, 2.45) is 7.05 Å². The Hall–Kier alpha value is -3.17. The summed E-state index contributed by atoms with van der Waals surface area (Å²) in [6.45, 7) is 1.39. The highest BCUT2D eigenvalue weighted by atomic mass is 32.2. The number of hydrogen-bond acceptors (Lipinski definition) is 4. The first-order valence-electron chi connectivity index (χ1n) is 9.31. The Labute approximate surface area is 175 Å². The molecule has 0 aliphatic heterocycles. The van der Waals surface area contributed by atoms with E-state index in [1.54, 1.807) is 55.1 Å². The quantitative estimate of drug-likeness (QED) is 0.622. The van der Waals surface area contributed by atoms with E-state index in [2.05, 4.69) is 5.32 Å². The van der Waals surface area contributed by atoms with Crippen LogP contribution < -0.4 is 10.9 Å². The normalized spacial score (nSPS) is 11.6. The second-order valence-electron chi connectivity index (χ2n) is 7.00. The van der Waals surface area contributed by atoms with E-state index in [0.29, 0.717) is 11.4 Å². The average Bonchev–Trinajstić information content (AvgIpc) is 2.91. The maximum absolute atomic E-state index is 12.9. The molecule has 3 aromatic rings. The molecule has 1 heterocycles. The van der Waals surface area contributed by atoms with E-state index in [1.807, 2.05) is 24.3 Å². The Balaban J connectivity index is 1.84. The van der Waals surface area contributed by atoms with Gasteiger partial charge in [-0.1, -0.05) is 48.5 Å². The van der Waals surface area contributed by atoms with Crippen LogP contribution in [-0.4, -0.2) is 40.8 Å². The second kappa shape index (κ2) is 8.68. The van der Waals surface area contributed by atoms with Crippen LogP contribution in [0.3, 0.4) is 0 Å². The van der Waals surface area contributed by atoms with Crippen molar-refractivity contribution in [2.45, 2.75) is 13.5 Å². The van der Waals surface area contributed by atoms with Crippen molar-refractivity contribution in [3.05, 3.63) is 82.3 Å². The molecule has 2 aromatic carbocycles. The Kier molecular flexibility index (Phi) is 6.23. The van der Waals surface area contributed by atoms with Crippen molar-refractivity contribution in [3.63, 3.8) is 0 Å². The molecular formula is C21H24N4O4S. The first kappa shape index (κ1) is 21.5. The van der Waals surface area contributed by atoms with Gasteiger partial charge in [-0.05, 0) is 24.6 Å². The predicted octanol–water partition coefficient (Wildman–Crippen LogP) is 1.88. The number of aromatic nitrogens is 2. The lowest BCUT2D eigenvalue weighted by Crippen LogP contribution is -2.37. The van der Waals surface area contributed by atoms with Crippen LogP contribution in [0.2, 0.25) is 0 Å². The molecule has 1 amide bonds. The monoisotopic (exact) mass is 428 g/mol. The lowest BCUT2D eigenvalue weighted by Gasteiger charge is -2.19. The van der Waals surface area contributed by atoms with E-state index in [9.17, 15) is 18.0 Å². The van der Waals surface area contributed by atoms with Gasteiger partial charge >= 0.3 is 0 Å². The van der Waals surface area contributed by atoms with Crippen molar-refractivity contribution in [1.29, 1.82) is 0 Å². The standard InChI is InChI=1S/C21H24N4O4S/c1-16-20(21(27)25(23(16)2)18-12-8-5-9-13-18)22-19(26)15-24(30(3,28)29)14-17-10-6-4-7-11-17/h4-13H,14-15H2,1-3H3,(H,22,26). The van der Waals surface area contributed by atoms with Gasteiger partial charge in [-0.25, -0.2) is 13.1 Å². The number of hydrogen-bond donors (Lipinski definition) is 1. The maximum Gasteiger partial charge on any atom is 0.295 e. The number of nitrogens with one attached hydrogen (secondary N) is 1. The zero-order valence-electron chi connectivity index (χ0n) is 17.1. The molecule has 30 heavy (non-hydrogen) atoms. The lowest BCUT2D eigenvalue weighted by atomic mass is 10.2. The minimum atomic E-state index is -3.63. The molecule has 8 nitrogen and oxygen atoms in total. The van der Waals surface area contributed by atoms with Crippen LogP contribution in [0.1, 0.15) is 11.3 Å². The molecule has 3 rings (SSSR count). The number of sulfonamides is 1. The summed E-state index contributed by atoms with van der Waals surface area (Å²) < 4.78 is 28.5. The van der Waals surface area contributed by atoms with E-state index in [-0.39, 0.29) is 17.8 Å². The Bertz CT molecular complexity index is 1200. The number of nitrogens with zero attached hydrogens (tertiary/aromatic N) is 3. The molecule has 158 valence electrons. The number of para-hydroxylation sites is 1. The fourth-order valence-electron chi connectivity index (χ4n) is 3.13. The zero-order valence-corrected chi connectivity index (χ0v) is 17.9. The van der Waals surface area contributed by atoms with Gasteiger partial charge in [-0.2, -0.15) is 4.31 Å². The first-order valence-corrected chi connectivity index (χ1v) is 11.2. The Morgan fingerprint density at radius 2 is 1.60 bits per heavy atom. The van der Waals surface area contributed by atoms with Crippen LogP contribution in [0, 0.1) is 6.92 Å². The molecule has 0 radical (unpaired) electrons. The molecule has 1 aromatic heterocycles. The SMILES string of the molecule is Cc1c(NC(=O)CN(Cc2ccccc2)S(C)(=O)=O)c(=O)n(-c2ccccc2)n1C. The fourth-order valence-corrected chi connectivity index (χ4v) is 3.86. The smallest absolute Gasteiger partial charge is 0.295 e. The van der Waals surface area contributed by atoms with Gasteiger partial charge in [0.2, 0.25) is 15.9 Å². The number of carbonyl (C=O) groups is 1. The van der Waals surface area contributed by atoms with Crippen molar-refractivity contribution in [3.8, 4) is 5.69 Å². The molecule has 1 N–H and O–H groups in total. The molecule has 0 saturated carbocycles. The van der Waals surface area contributed by atoms with E-state index in [1.165, 1.54) is 4.68 Å². The number of rotatable bonds is 7. The summed E-state index contributed by atoms with van der Waals surface area (Å²) in [5.41, 5.74) is 1.72. The second-order valence-corrected chi connectivity index (χ2v) is 8.98. The van der Waals surface area contributed by atoms with E-state index in [0.717, 1.165) is 16.1 Å². The number of carbonyl (C=O) groups excluding carboxylic acids is 1. The molecule has 0 spiro atoms. The van der Waals surface area contributed by atoms with Gasteiger partial charge in [-0.3, -0.25) is 14.3 Å². The third-order valence-electron chi connectivity index (χ3n) is 4.81. The predicted molar refractivity (Wildman–Crippen MR) is 116 cm³/mol. The van der Waals surface area contributed by atoms with Gasteiger partial charge in [-0.15, -0.1) is 0 Å². The maximum atomic E-state index is 12.9. The molecule has 0 bridgehead atoms. The molecule has 0 aliphatic carbocycles. The average molecular weight is 429 g/mol.